The number of aromatic nitrogens is 1. The number of rotatable bonds is 11. The first-order chi connectivity index (χ1) is 23.1. The molecule has 0 atom stereocenters. The van der Waals surface area contributed by atoms with Crippen molar-refractivity contribution in [3.05, 3.63) is 123 Å². The number of carbonyl (C=O) groups is 3. The largest absolute Gasteiger partial charge is 0.507 e. The third-order valence-electron chi connectivity index (χ3n) is 6.88. The quantitative estimate of drug-likeness (QED) is 0.0573. The molecule has 19 heteroatoms. The monoisotopic (exact) mass is 939 g/mol. The van der Waals surface area contributed by atoms with E-state index >= 15 is 0 Å². The number of benzene rings is 4. The number of carbonyl (C=O) groups excluding carboxylic acids is 2. The molecule has 1 radical (unpaired) electrons. The summed E-state index contributed by atoms with van der Waals surface area (Å²) in [5.41, 5.74) is 2.59. The maximum Gasteiger partial charge on any atom is 0.335 e. The normalized spacial score (nSPS) is 11.2. The Morgan fingerprint density at radius 1 is 0.760 bits per heavy atom. The Kier molecular flexibility index (Phi) is 13.8. The van der Waals surface area contributed by atoms with Crippen molar-refractivity contribution in [3.8, 4) is 5.75 Å². The SMILES string of the molecule is CC(=O)c1ccc(CNS(=O)(=O)c2ccc(O)c(C(=O)NO)c2)cc1.O=C(O)c1ccc(CNS(=O)(=O)c2ccc3o[nH]c(=O)c3c2)cc1.[Ac]. The van der Waals surface area contributed by atoms with Crippen LogP contribution in [0.1, 0.15) is 49.1 Å². The molecule has 5 rings (SSSR count). The predicted molar refractivity (Wildman–Crippen MR) is 172 cm³/mol. The molecule has 0 unspecified atom stereocenters. The Morgan fingerprint density at radius 3 is 1.76 bits per heavy atom. The molecule has 50 heavy (non-hydrogen) atoms. The Hall–Kier alpha value is -4.22. The van der Waals surface area contributed by atoms with Crippen LogP contribution in [0.2, 0.25) is 0 Å². The average Bonchev–Trinajstić information content (AvgIpc) is 3.46. The molecule has 0 fully saturated rings. The maximum atomic E-state index is 12.3. The van der Waals surface area contributed by atoms with Gasteiger partial charge in [0.2, 0.25) is 20.0 Å². The summed E-state index contributed by atoms with van der Waals surface area (Å²) in [5, 5.41) is 29.3. The number of amides is 1. The van der Waals surface area contributed by atoms with Gasteiger partial charge in [-0.3, -0.25) is 19.6 Å². The predicted octanol–water partition coefficient (Wildman–Crippen LogP) is 2.49. The number of carboxylic acids is 1. The Morgan fingerprint density at radius 2 is 1.26 bits per heavy atom. The second-order valence-corrected chi connectivity index (χ2v) is 13.7. The zero-order chi connectivity index (χ0) is 35.9. The number of H-pyrrole nitrogens is 1. The standard InChI is InChI=1S/C16H16N2O6S.C15H12N2O6S.Ac/c1-10(19)12-4-2-11(3-5-12)9-17-25(23,24)13-6-7-15(20)14(8-13)16(21)18-22;18-14-12-7-11(5-6-13(12)23-17-14)24(21,22)16-8-9-1-3-10(4-2-9)15(19)20;/h2-8,17,20,22H,9H2,1H3,(H,18,21);1-7,16H,8H2,(H,17,18)(H,19,20);. The number of aromatic amines is 1. The van der Waals surface area contributed by atoms with Crippen LogP contribution in [0.15, 0.2) is 104 Å². The fourth-order valence-corrected chi connectivity index (χ4v) is 6.26. The molecule has 16 nitrogen and oxygen atoms in total. The number of hydroxylamine groups is 1. The van der Waals surface area contributed by atoms with Crippen molar-refractivity contribution < 1.29 is 95.2 Å². The minimum atomic E-state index is -3.96. The Bertz CT molecular complexity index is 2300. The van der Waals surface area contributed by atoms with Gasteiger partial charge in [0.05, 0.1) is 26.3 Å². The molecule has 0 aliphatic heterocycles. The van der Waals surface area contributed by atoms with Crippen LogP contribution in [0, 0.1) is 44.1 Å². The van der Waals surface area contributed by atoms with Gasteiger partial charge >= 0.3 is 5.97 Å². The van der Waals surface area contributed by atoms with Crippen LogP contribution >= 0.6 is 0 Å². The molecule has 0 spiro atoms. The number of carboxylic acid groups (broad SMARTS) is 1. The number of sulfonamides is 2. The van der Waals surface area contributed by atoms with E-state index in [1.807, 2.05) is 0 Å². The van der Waals surface area contributed by atoms with Crippen LogP contribution in [0.4, 0.5) is 0 Å². The zero-order valence-corrected chi connectivity index (χ0v) is 32.3. The fourth-order valence-electron chi connectivity index (χ4n) is 4.17. The first-order valence-electron chi connectivity index (χ1n) is 13.9. The van der Waals surface area contributed by atoms with Crippen LogP contribution in [-0.4, -0.2) is 55.1 Å². The number of hydrogen-bond acceptors (Lipinski definition) is 11. The summed E-state index contributed by atoms with van der Waals surface area (Å²) in [6.07, 6.45) is 0. The molecule has 0 bridgehead atoms. The Balaban J connectivity index is 0.000000265. The van der Waals surface area contributed by atoms with E-state index in [9.17, 15) is 41.1 Å². The summed E-state index contributed by atoms with van der Waals surface area (Å²) in [5.74, 6) is -2.65. The van der Waals surface area contributed by atoms with E-state index in [2.05, 4.69) is 14.6 Å². The third kappa shape index (κ3) is 10.2. The molecule has 0 aliphatic carbocycles. The van der Waals surface area contributed by atoms with Crippen molar-refractivity contribution >= 4 is 48.7 Å². The van der Waals surface area contributed by atoms with Crippen molar-refractivity contribution in [2.75, 3.05) is 0 Å². The van der Waals surface area contributed by atoms with Gasteiger partial charge in [-0.2, -0.15) is 5.16 Å². The number of phenolic OH excluding ortho intramolecular Hbond substituents is 1. The number of hydrogen-bond donors (Lipinski definition) is 7. The molecule has 1 heterocycles. The minimum Gasteiger partial charge on any atom is -0.507 e. The number of ketones is 1. The van der Waals surface area contributed by atoms with Gasteiger partial charge in [0.1, 0.15) is 5.75 Å². The van der Waals surface area contributed by atoms with Crippen molar-refractivity contribution in [1.29, 1.82) is 0 Å². The summed E-state index contributed by atoms with van der Waals surface area (Å²) >= 11 is 0. The molecule has 5 aromatic rings. The van der Waals surface area contributed by atoms with E-state index in [4.69, 9.17) is 14.8 Å². The van der Waals surface area contributed by atoms with E-state index in [-0.39, 0.29) is 94.8 Å². The van der Waals surface area contributed by atoms with Crippen molar-refractivity contribution in [2.24, 2.45) is 0 Å². The molecule has 0 saturated carbocycles. The molecule has 0 saturated heterocycles. The van der Waals surface area contributed by atoms with Crippen molar-refractivity contribution in [2.45, 2.75) is 29.8 Å². The van der Waals surface area contributed by atoms with E-state index in [0.717, 1.165) is 18.2 Å². The second-order valence-electron chi connectivity index (χ2n) is 10.2. The first-order valence-corrected chi connectivity index (χ1v) is 16.9. The third-order valence-corrected chi connectivity index (χ3v) is 9.68. The Labute approximate surface area is 320 Å². The van der Waals surface area contributed by atoms with Gasteiger partial charge < -0.3 is 14.7 Å². The molecule has 0 aliphatic rings. The average molecular weight is 940 g/mol. The summed E-state index contributed by atoms with van der Waals surface area (Å²) in [4.78, 5) is 44.6. The molecule has 259 valence electrons. The first kappa shape index (κ1) is 40.2. The smallest absolute Gasteiger partial charge is 0.335 e. The maximum absolute atomic E-state index is 12.3. The number of aromatic hydroxyl groups is 1. The van der Waals surface area contributed by atoms with Gasteiger partial charge in [-0.1, -0.05) is 36.4 Å². The molecule has 4 aromatic carbocycles. The van der Waals surface area contributed by atoms with Gasteiger partial charge in [-0.15, -0.1) is 0 Å². The molecular weight excluding hydrogens is 911 g/mol. The molecule has 1 amide bonds. The number of aromatic carboxylic acids is 1. The van der Waals surface area contributed by atoms with Gasteiger partial charge in [0.25, 0.3) is 11.5 Å². The minimum absolute atomic E-state index is 0. The van der Waals surface area contributed by atoms with Gasteiger partial charge in [-0.05, 0) is 66.6 Å². The number of nitrogens with one attached hydrogen (secondary N) is 4. The number of Topliss-reactive ketones (excluding diaryl/α,β-unsaturated/α-hetero) is 1. The molecule has 1 aromatic heterocycles. The second kappa shape index (κ2) is 17.1. The van der Waals surface area contributed by atoms with Crippen molar-refractivity contribution in [1.82, 2.24) is 20.1 Å². The fraction of sp³-hybridized carbons (Fsp3) is 0.0968. The van der Waals surface area contributed by atoms with E-state index in [1.165, 1.54) is 54.9 Å². The van der Waals surface area contributed by atoms with Crippen LogP contribution < -0.4 is 20.5 Å². The topological polar surface area (TPSA) is 262 Å². The number of phenols is 1. The van der Waals surface area contributed by atoms with E-state index < -0.39 is 43.2 Å². The summed E-state index contributed by atoms with van der Waals surface area (Å²) in [7, 11) is -7.79. The zero-order valence-electron chi connectivity index (χ0n) is 25.9. The van der Waals surface area contributed by atoms with Gasteiger partial charge in [0.15, 0.2) is 11.4 Å². The van der Waals surface area contributed by atoms with Crippen LogP contribution in [0.25, 0.3) is 11.0 Å². The van der Waals surface area contributed by atoms with E-state index in [0.29, 0.717) is 16.7 Å². The molecular formula is C31H28AcN4O12S2. The summed E-state index contributed by atoms with van der Waals surface area (Å²) in [6, 6.07) is 19.3. The summed E-state index contributed by atoms with van der Waals surface area (Å²) in [6.45, 7) is 1.40. The number of fused-ring (bicyclic) bond motifs is 1. The van der Waals surface area contributed by atoms with Gasteiger partial charge in [-0.25, -0.2) is 36.6 Å². The van der Waals surface area contributed by atoms with Crippen LogP contribution in [-0.2, 0) is 33.1 Å². The van der Waals surface area contributed by atoms with E-state index in [1.54, 1.807) is 24.3 Å². The van der Waals surface area contributed by atoms with Gasteiger partial charge in [0, 0.05) is 62.7 Å². The van der Waals surface area contributed by atoms with Crippen LogP contribution in [0.5, 0.6) is 5.75 Å². The molecule has 7 N–H and O–H groups in total. The van der Waals surface area contributed by atoms with Crippen LogP contribution in [0.3, 0.4) is 0 Å². The van der Waals surface area contributed by atoms with Crippen molar-refractivity contribution in [3.63, 3.8) is 0 Å². The summed E-state index contributed by atoms with van der Waals surface area (Å²) < 4.78 is 58.9.